The van der Waals surface area contributed by atoms with Crippen LogP contribution in [0.15, 0.2) is 33.7 Å². The highest BCUT2D eigenvalue weighted by atomic mass is 79.9. The molecule has 2 heterocycles. The summed E-state index contributed by atoms with van der Waals surface area (Å²) in [6.45, 7) is 4.14. The lowest BCUT2D eigenvalue weighted by molar-refractivity contribution is 0.112. The summed E-state index contributed by atoms with van der Waals surface area (Å²) in [4.78, 5) is 20.3. The first-order valence-electron chi connectivity index (χ1n) is 6.35. The fourth-order valence-electron chi connectivity index (χ4n) is 2.40. The third-order valence-electron chi connectivity index (χ3n) is 3.37. The molecule has 2 aromatic rings. The molecule has 0 saturated heterocycles. The van der Waals surface area contributed by atoms with Crippen LogP contribution in [-0.4, -0.2) is 22.4 Å². The van der Waals surface area contributed by atoms with E-state index in [9.17, 15) is 4.79 Å². The van der Waals surface area contributed by atoms with Gasteiger partial charge in [0.15, 0.2) is 6.29 Å². The quantitative estimate of drug-likeness (QED) is 0.755. The second-order valence-electron chi connectivity index (χ2n) is 4.85. The Hall–Kier alpha value is -1.20. The zero-order valence-electron chi connectivity index (χ0n) is 11.1. The van der Waals surface area contributed by atoms with Crippen LogP contribution in [0.1, 0.15) is 35.1 Å². The standard InChI is InChI=1S/C15H13BrN2OS/c1-8-15(20-9(2)17-8)13-4-3-10-5-12(16)11(7-19)6-14(10)18-13/h3-8,15H,1-2H3. The number of aliphatic imine (C=N–C) groups is 1. The van der Waals surface area contributed by atoms with Crippen molar-refractivity contribution in [1.29, 1.82) is 0 Å². The predicted octanol–water partition coefficient (Wildman–Crippen LogP) is 4.40. The normalized spacial score (nSPS) is 22.1. The molecule has 102 valence electrons. The van der Waals surface area contributed by atoms with Gasteiger partial charge < -0.3 is 0 Å². The van der Waals surface area contributed by atoms with E-state index in [-0.39, 0.29) is 11.3 Å². The zero-order valence-corrected chi connectivity index (χ0v) is 13.5. The molecule has 0 saturated carbocycles. The van der Waals surface area contributed by atoms with Crippen molar-refractivity contribution in [3.05, 3.63) is 40.0 Å². The van der Waals surface area contributed by atoms with E-state index in [1.165, 1.54) is 0 Å². The number of fused-ring (bicyclic) bond motifs is 1. The molecule has 0 fully saturated rings. The summed E-state index contributed by atoms with van der Waals surface area (Å²) in [5, 5.41) is 2.40. The molecule has 1 aromatic carbocycles. The Morgan fingerprint density at radius 2 is 2.15 bits per heavy atom. The summed E-state index contributed by atoms with van der Waals surface area (Å²) in [5.74, 6) is 0. The van der Waals surface area contributed by atoms with Crippen molar-refractivity contribution in [1.82, 2.24) is 4.98 Å². The molecule has 0 radical (unpaired) electrons. The van der Waals surface area contributed by atoms with Gasteiger partial charge in [-0.15, -0.1) is 0 Å². The van der Waals surface area contributed by atoms with Gasteiger partial charge in [0.05, 0.1) is 27.5 Å². The molecule has 0 aliphatic carbocycles. The maximum atomic E-state index is 11.0. The summed E-state index contributed by atoms with van der Waals surface area (Å²) in [6, 6.07) is 8.11. The highest BCUT2D eigenvalue weighted by Crippen LogP contribution is 2.39. The molecule has 0 spiro atoms. The fraction of sp³-hybridized carbons (Fsp3) is 0.267. The van der Waals surface area contributed by atoms with Crippen molar-refractivity contribution in [2.75, 3.05) is 0 Å². The van der Waals surface area contributed by atoms with Gasteiger partial charge in [-0.1, -0.05) is 33.8 Å². The van der Waals surface area contributed by atoms with Crippen LogP contribution in [0.2, 0.25) is 0 Å². The van der Waals surface area contributed by atoms with Gasteiger partial charge in [-0.25, -0.2) is 0 Å². The number of benzene rings is 1. The minimum absolute atomic E-state index is 0.242. The molecule has 2 unspecified atom stereocenters. The first-order valence-corrected chi connectivity index (χ1v) is 8.02. The van der Waals surface area contributed by atoms with E-state index in [1.807, 2.05) is 19.1 Å². The van der Waals surface area contributed by atoms with Crippen LogP contribution in [0.3, 0.4) is 0 Å². The van der Waals surface area contributed by atoms with E-state index in [4.69, 9.17) is 4.98 Å². The lowest BCUT2D eigenvalue weighted by Crippen LogP contribution is -2.07. The Balaban J connectivity index is 2.06. The maximum absolute atomic E-state index is 11.0. The SMILES string of the molecule is CC1=NC(C)C(c2ccc3cc(Br)c(C=O)cc3n2)S1. The Morgan fingerprint density at radius 1 is 1.35 bits per heavy atom. The van der Waals surface area contributed by atoms with Crippen LogP contribution in [0.4, 0.5) is 0 Å². The Kier molecular flexibility index (Phi) is 3.65. The molecule has 0 bridgehead atoms. The zero-order chi connectivity index (χ0) is 14.3. The second-order valence-corrected chi connectivity index (χ2v) is 7.04. The van der Waals surface area contributed by atoms with Gasteiger partial charge in [0, 0.05) is 15.4 Å². The number of hydrogen-bond donors (Lipinski definition) is 0. The average molecular weight is 349 g/mol. The molecule has 0 N–H and O–H groups in total. The highest BCUT2D eigenvalue weighted by Gasteiger charge is 2.27. The van der Waals surface area contributed by atoms with Gasteiger partial charge >= 0.3 is 0 Å². The van der Waals surface area contributed by atoms with E-state index < -0.39 is 0 Å². The molecule has 0 amide bonds. The van der Waals surface area contributed by atoms with E-state index in [2.05, 4.69) is 40.0 Å². The molecule has 5 heteroatoms. The number of pyridine rings is 1. The number of carbonyl (C=O) groups excluding carboxylic acids is 1. The Bertz CT molecular complexity index is 729. The lowest BCUT2D eigenvalue weighted by Gasteiger charge is -2.13. The fourth-order valence-corrected chi connectivity index (χ4v) is 3.96. The van der Waals surface area contributed by atoms with Gasteiger partial charge in [-0.3, -0.25) is 14.8 Å². The summed E-state index contributed by atoms with van der Waals surface area (Å²) >= 11 is 5.16. The molecule has 3 nitrogen and oxygen atoms in total. The van der Waals surface area contributed by atoms with E-state index in [1.54, 1.807) is 11.8 Å². The van der Waals surface area contributed by atoms with Gasteiger partial charge in [-0.05, 0) is 32.0 Å². The topological polar surface area (TPSA) is 42.3 Å². The van der Waals surface area contributed by atoms with Crippen molar-refractivity contribution in [3.63, 3.8) is 0 Å². The maximum Gasteiger partial charge on any atom is 0.151 e. The molecule has 1 aliphatic rings. The van der Waals surface area contributed by atoms with Crippen molar-refractivity contribution < 1.29 is 4.79 Å². The van der Waals surface area contributed by atoms with Crippen LogP contribution >= 0.6 is 27.7 Å². The first-order chi connectivity index (χ1) is 9.58. The molecule has 1 aliphatic heterocycles. The minimum atomic E-state index is 0.242. The number of rotatable bonds is 2. The second kappa shape index (κ2) is 5.30. The van der Waals surface area contributed by atoms with Crippen LogP contribution in [0.25, 0.3) is 10.9 Å². The van der Waals surface area contributed by atoms with Crippen molar-refractivity contribution in [2.24, 2.45) is 4.99 Å². The third kappa shape index (κ3) is 2.40. The molecule has 1 aromatic heterocycles. The van der Waals surface area contributed by atoms with Crippen molar-refractivity contribution >= 4 is 49.9 Å². The molecular formula is C15H13BrN2OS. The average Bonchev–Trinajstić information content (AvgIpc) is 2.76. The molecular weight excluding hydrogens is 336 g/mol. The monoisotopic (exact) mass is 348 g/mol. The summed E-state index contributed by atoms with van der Waals surface area (Å²) < 4.78 is 0.803. The molecule has 2 atom stereocenters. The van der Waals surface area contributed by atoms with Crippen molar-refractivity contribution in [2.45, 2.75) is 25.1 Å². The number of carbonyl (C=O) groups is 1. The van der Waals surface area contributed by atoms with Gasteiger partial charge in [0.2, 0.25) is 0 Å². The summed E-state index contributed by atoms with van der Waals surface area (Å²) in [7, 11) is 0. The number of hydrogen-bond acceptors (Lipinski definition) is 4. The molecule has 3 rings (SSSR count). The minimum Gasteiger partial charge on any atom is -0.298 e. The largest absolute Gasteiger partial charge is 0.298 e. The van der Waals surface area contributed by atoms with E-state index >= 15 is 0 Å². The predicted molar refractivity (Wildman–Crippen MR) is 87.7 cm³/mol. The van der Waals surface area contributed by atoms with Crippen LogP contribution in [0, 0.1) is 0 Å². The number of aldehydes is 1. The van der Waals surface area contributed by atoms with Crippen LogP contribution in [0.5, 0.6) is 0 Å². The highest BCUT2D eigenvalue weighted by molar-refractivity contribution is 9.10. The van der Waals surface area contributed by atoms with Gasteiger partial charge in [0.1, 0.15) is 0 Å². The smallest absolute Gasteiger partial charge is 0.151 e. The number of halogens is 1. The first kappa shape index (κ1) is 13.8. The van der Waals surface area contributed by atoms with Crippen LogP contribution in [-0.2, 0) is 0 Å². The van der Waals surface area contributed by atoms with E-state index in [0.29, 0.717) is 5.56 Å². The lowest BCUT2D eigenvalue weighted by atomic mass is 10.1. The molecule has 20 heavy (non-hydrogen) atoms. The number of thioether (sulfide) groups is 1. The third-order valence-corrected chi connectivity index (χ3v) is 5.39. The van der Waals surface area contributed by atoms with E-state index in [0.717, 1.165) is 32.4 Å². The number of nitrogens with zero attached hydrogens (tertiary/aromatic N) is 2. The number of aromatic nitrogens is 1. The van der Waals surface area contributed by atoms with Gasteiger partial charge in [0.25, 0.3) is 0 Å². The van der Waals surface area contributed by atoms with Crippen molar-refractivity contribution in [3.8, 4) is 0 Å². The summed E-state index contributed by atoms with van der Waals surface area (Å²) in [5.41, 5.74) is 2.50. The van der Waals surface area contributed by atoms with Gasteiger partial charge in [-0.2, -0.15) is 0 Å². The Morgan fingerprint density at radius 3 is 2.80 bits per heavy atom. The summed E-state index contributed by atoms with van der Waals surface area (Å²) in [6.07, 6.45) is 0.845. The Labute approximate surface area is 130 Å². The van der Waals surface area contributed by atoms with Crippen LogP contribution < -0.4 is 0 Å².